The van der Waals surface area contributed by atoms with Crippen molar-refractivity contribution in [2.75, 3.05) is 6.67 Å². The number of hydrogen-bond acceptors (Lipinski definition) is 2. The molecule has 51 valence electrons. The SMILES string of the molecule is O=C1N=C(Cl)N(Cl)CN1.[Na]. The summed E-state index contributed by atoms with van der Waals surface area (Å²) in [5.41, 5.74) is 0. The molecular weight excluding hydrogens is 188 g/mol. The van der Waals surface area contributed by atoms with Gasteiger partial charge >= 0.3 is 6.03 Å². The smallest absolute Gasteiger partial charge is 0.317 e. The minimum absolute atomic E-state index is 0. The molecule has 1 heterocycles. The summed E-state index contributed by atoms with van der Waals surface area (Å²) in [5.74, 6) is 0. The van der Waals surface area contributed by atoms with E-state index in [4.69, 9.17) is 23.4 Å². The zero-order chi connectivity index (χ0) is 6.85. The summed E-state index contributed by atoms with van der Waals surface area (Å²) in [6.45, 7) is 0.197. The largest absolute Gasteiger partial charge is 0.345 e. The van der Waals surface area contributed by atoms with Gasteiger partial charge in [-0.25, -0.2) is 9.21 Å². The molecule has 0 bridgehead atoms. The fraction of sp³-hybridized carbons (Fsp3) is 0.333. The van der Waals surface area contributed by atoms with Crippen molar-refractivity contribution in [2.45, 2.75) is 0 Å². The maximum absolute atomic E-state index is 10.4. The Bertz CT molecular complexity index is 173. The van der Waals surface area contributed by atoms with E-state index in [1.807, 2.05) is 0 Å². The van der Waals surface area contributed by atoms with Crippen LogP contribution in [0.2, 0.25) is 0 Å². The summed E-state index contributed by atoms with van der Waals surface area (Å²) in [7, 11) is 0. The molecule has 1 rings (SSSR count). The molecule has 0 unspecified atom stereocenters. The number of carbonyl (C=O) groups is 1. The molecule has 0 aromatic heterocycles. The topological polar surface area (TPSA) is 44.7 Å². The van der Waals surface area contributed by atoms with Gasteiger partial charge in [0.1, 0.15) is 6.67 Å². The molecule has 4 nitrogen and oxygen atoms in total. The average Bonchev–Trinajstić information content (AvgIpc) is 1.80. The van der Waals surface area contributed by atoms with Crippen LogP contribution in [-0.2, 0) is 0 Å². The number of halogens is 2. The minimum Gasteiger partial charge on any atom is -0.317 e. The standard InChI is InChI=1S/C3H3Cl2N3O.Na/c4-2-7-3(9)6-1-8(2)5;/h1H2,(H,6,9);. The van der Waals surface area contributed by atoms with Crippen LogP contribution in [0.4, 0.5) is 4.79 Å². The maximum Gasteiger partial charge on any atom is 0.345 e. The molecule has 0 saturated heterocycles. The third-order valence-electron chi connectivity index (χ3n) is 0.763. The van der Waals surface area contributed by atoms with Gasteiger partial charge in [0.2, 0.25) is 5.29 Å². The molecule has 0 aliphatic carbocycles. The summed E-state index contributed by atoms with van der Waals surface area (Å²) in [4.78, 5) is 13.6. The van der Waals surface area contributed by atoms with Gasteiger partial charge in [0.25, 0.3) is 0 Å². The Morgan fingerprint density at radius 3 is 2.70 bits per heavy atom. The number of hydrogen-bond donors (Lipinski definition) is 1. The van der Waals surface area contributed by atoms with Gasteiger partial charge < -0.3 is 5.32 Å². The number of urea groups is 1. The van der Waals surface area contributed by atoms with Crippen LogP contribution in [0.25, 0.3) is 0 Å². The van der Waals surface area contributed by atoms with Gasteiger partial charge in [0.15, 0.2) is 0 Å². The molecule has 0 spiro atoms. The summed E-state index contributed by atoms with van der Waals surface area (Å²) in [6, 6.07) is -0.461. The molecule has 0 fully saturated rings. The summed E-state index contributed by atoms with van der Waals surface area (Å²) in [5, 5.41) is 2.35. The molecule has 0 aromatic carbocycles. The van der Waals surface area contributed by atoms with E-state index in [9.17, 15) is 4.79 Å². The molecule has 0 aromatic rings. The first-order valence-electron chi connectivity index (χ1n) is 2.15. The second kappa shape index (κ2) is 4.41. The van der Waals surface area contributed by atoms with Crippen molar-refractivity contribution in [1.29, 1.82) is 0 Å². The maximum atomic E-state index is 10.4. The zero-order valence-electron chi connectivity index (χ0n) is 5.27. The normalized spacial score (nSPS) is 17.2. The molecule has 2 amide bonds. The van der Waals surface area contributed by atoms with Crippen molar-refractivity contribution in [3.05, 3.63) is 0 Å². The van der Waals surface area contributed by atoms with Gasteiger partial charge in [-0.15, -0.1) is 0 Å². The summed E-state index contributed by atoms with van der Waals surface area (Å²) >= 11 is 10.7. The number of nitrogens with zero attached hydrogens (tertiary/aromatic N) is 2. The predicted octanol–water partition coefficient (Wildman–Crippen LogP) is 0.337. The fourth-order valence-corrected chi connectivity index (χ4v) is 0.614. The molecule has 1 aliphatic heterocycles. The van der Waals surface area contributed by atoms with Crippen LogP contribution in [0.5, 0.6) is 0 Å². The Kier molecular flexibility index (Phi) is 4.64. The van der Waals surface area contributed by atoms with E-state index in [1.54, 1.807) is 0 Å². The van der Waals surface area contributed by atoms with E-state index >= 15 is 0 Å². The first-order valence-corrected chi connectivity index (χ1v) is 2.87. The van der Waals surface area contributed by atoms with Gasteiger partial charge in [-0.05, 0) is 11.6 Å². The van der Waals surface area contributed by atoms with Crippen LogP contribution in [0.3, 0.4) is 0 Å². The average molecular weight is 191 g/mol. The van der Waals surface area contributed by atoms with E-state index in [-0.39, 0.29) is 41.5 Å². The van der Waals surface area contributed by atoms with Crippen molar-refractivity contribution in [3.8, 4) is 0 Å². The predicted molar refractivity (Wildman–Crippen MR) is 40.1 cm³/mol. The molecule has 0 atom stereocenters. The molecule has 10 heavy (non-hydrogen) atoms. The zero-order valence-corrected chi connectivity index (χ0v) is 8.78. The number of amidine groups is 1. The Balaban J connectivity index is 0.000000810. The molecule has 1 N–H and O–H groups in total. The van der Waals surface area contributed by atoms with Crippen LogP contribution in [0.1, 0.15) is 0 Å². The quantitative estimate of drug-likeness (QED) is 0.340. The molecular formula is C3H3Cl2N3NaO. The van der Waals surface area contributed by atoms with E-state index in [1.165, 1.54) is 0 Å². The Morgan fingerprint density at radius 1 is 1.70 bits per heavy atom. The number of nitrogens with one attached hydrogen (secondary N) is 1. The number of amides is 2. The second-order valence-electron chi connectivity index (χ2n) is 1.38. The second-order valence-corrected chi connectivity index (χ2v) is 2.13. The molecule has 1 aliphatic rings. The number of aliphatic imine (C=N–C) groups is 1. The van der Waals surface area contributed by atoms with Crippen molar-refractivity contribution >= 4 is 64.3 Å². The number of carbonyl (C=O) groups excluding carboxylic acids is 1. The fourth-order valence-electron chi connectivity index (χ4n) is 0.380. The molecule has 0 saturated carbocycles. The van der Waals surface area contributed by atoms with Gasteiger partial charge in [-0.2, -0.15) is 4.99 Å². The van der Waals surface area contributed by atoms with Crippen LogP contribution in [0, 0.1) is 0 Å². The molecule has 1 radical (unpaired) electrons. The van der Waals surface area contributed by atoms with Crippen molar-refractivity contribution < 1.29 is 4.79 Å². The van der Waals surface area contributed by atoms with E-state index < -0.39 is 6.03 Å². The van der Waals surface area contributed by atoms with Gasteiger partial charge in [0, 0.05) is 41.3 Å². The van der Waals surface area contributed by atoms with Crippen molar-refractivity contribution in [3.63, 3.8) is 0 Å². The van der Waals surface area contributed by atoms with E-state index in [0.29, 0.717) is 0 Å². The van der Waals surface area contributed by atoms with E-state index in [2.05, 4.69) is 10.3 Å². The van der Waals surface area contributed by atoms with E-state index in [0.717, 1.165) is 4.42 Å². The monoisotopic (exact) mass is 190 g/mol. The molecule has 7 heteroatoms. The number of rotatable bonds is 0. The Hall–Kier alpha value is 0.520. The summed E-state index contributed by atoms with van der Waals surface area (Å²) < 4.78 is 1.10. The minimum atomic E-state index is -0.461. The first-order chi connectivity index (χ1) is 4.20. The Morgan fingerprint density at radius 2 is 2.30 bits per heavy atom. The van der Waals surface area contributed by atoms with Crippen molar-refractivity contribution in [2.24, 2.45) is 4.99 Å². The van der Waals surface area contributed by atoms with Crippen LogP contribution >= 0.6 is 23.4 Å². The third-order valence-corrected chi connectivity index (χ3v) is 1.42. The van der Waals surface area contributed by atoms with Gasteiger partial charge in [-0.3, -0.25) is 0 Å². The van der Waals surface area contributed by atoms with Crippen LogP contribution in [0.15, 0.2) is 4.99 Å². The van der Waals surface area contributed by atoms with Crippen LogP contribution in [-0.4, -0.2) is 52.0 Å². The van der Waals surface area contributed by atoms with Gasteiger partial charge in [-0.1, -0.05) is 0 Å². The van der Waals surface area contributed by atoms with Crippen molar-refractivity contribution in [1.82, 2.24) is 9.74 Å². The first kappa shape index (κ1) is 10.5. The van der Waals surface area contributed by atoms with Crippen LogP contribution < -0.4 is 5.32 Å². The third kappa shape index (κ3) is 2.64. The Labute approximate surface area is 90.0 Å². The van der Waals surface area contributed by atoms with Gasteiger partial charge in [0.05, 0.1) is 0 Å². The summed E-state index contributed by atoms with van der Waals surface area (Å²) in [6.07, 6.45) is 0.